The lowest BCUT2D eigenvalue weighted by Gasteiger charge is -2.13. The number of benzene rings is 6. The van der Waals surface area contributed by atoms with E-state index in [1.807, 2.05) is 0 Å². The van der Waals surface area contributed by atoms with Crippen LogP contribution in [0.3, 0.4) is 0 Å². The molecule has 0 aliphatic carbocycles. The second kappa shape index (κ2) is 13.6. The maximum absolute atomic E-state index is 13.0. The molecule has 6 aromatic rings. The molecule has 0 fully saturated rings. The van der Waals surface area contributed by atoms with Crippen molar-refractivity contribution in [3.8, 4) is 11.5 Å². The van der Waals surface area contributed by atoms with Crippen LogP contribution in [0.1, 0.15) is 20.7 Å². The van der Waals surface area contributed by atoms with Crippen LogP contribution in [0.5, 0.6) is 11.5 Å². The van der Waals surface area contributed by atoms with Crippen LogP contribution in [0.2, 0.25) is 0 Å². The van der Waals surface area contributed by atoms with Crippen molar-refractivity contribution in [3.63, 3.8) is 0 Å². The SMILES string of the molecule is O=C(Nc1ccc(C(=O)Nc2cccc3c(O)ccc(S(=O)(=O)O)c23)cc1)Nc1ccc(C(=O)Nc2cccc3c(O)ccc(S(=O)(=O)O)c23)cc1. The lowest BCUT2D eigenvalue weighted by atomic mass is 10.1. The lowest BCUT2D eigenvalue weighted by molar-refractivity contribution is 0.101. The Morgan fingerprint density at radius 3 is 1.17 bits per heavy atom. The molecule has 52 heavy (non-hydrogen) atoms. The summed E-state index contributed by atoms with van der Waals surface area (Å²) in [5, 5.41) is 30.8. The molecular weight excluding hydrogens is 717 g/mol. The number of fused-ring (bicyclic) bond motifs is 2. The molecule has 6 aromatic carbocycles. The average Bonchev–Trinajstić information content (AvgIpc) is 3.08. The first-order valence-electron chi connectivity index (χ1n) is 15.0. The van der Waals surface area contributed by atoms with E-state index in [2.05, 4.69) is 21.3 Å². The molecule has 6 rings (SSSR count). The van der Waals surface area contributed by atoms with E-state index < -0.39 is 47.9 Å². The van der Waals surface area contributed by atoms with Crippen molar-refractivity contribution in [2.45, 2.75) is 9.79 Å². The molecule has 0 saturated heterocycles. The predicted molar refractivity (Wildman–Crippen MR) is 192 cm³/mol. The summed E-state index contributed by atoms with van der Waals surface area (Å²) in [4.78, 5) is 37.7. The minimum atomic E-state index is -4.70. The molecule has 0 radical (unpaired) electrons. The summed E-state index contributed by atoms with van der Waals surface area (Å²) in [6.45, 7) is 0. The Bertz CT molecular complexity index is 2460. The van der Waals surface area contributed by atoms with Crippen LogP contribution >= 0.6 is 0 Å². The monoisotopic (exact) mass is 742 g/mol. The minimum Gasteiger partial charge on any atom is -0.507 e. The third-order valence-corrected chi connectivity index (χ3v) is 9.61. The Morgan fingerprint density at radius 2 is 0.827 bits per heavy atom. The highest BCUT2D eigenvalue weighted by Crippen LogP contribution is 2.37. The van der Waals surface area contributed by atoms with Crippen molar-refractivity contribution >= 4 is 82.4 Å². The van der Waals surface area contributed by atoms with Gasteiger partial charge in [0, 0.05) is 44.0 Å². The summed E-state index contributed by atoms with van der Waals surface area (Å²) in [7, 11) is -9.39. The number of hydrogen-bond acceptors (Lipinski definition) is 9. The van der Waals surface area contributed by atoms with E-state index in [1.54, 1.807) is 0 Å². The molecule has 17 heteroatoms. The van der Waals surface area contributed by atoms with Gasteiger partial charge in [-0.2, -0.15) is 16.8 Å². The molecule has 0 heterocycles. The smallest absolute Gasteiger partial charge is 0.323 e. The number of urea groups is 1. The molecule has 0 spiro atoms. The molecule has 0 aromatic heterocycles. The van der Waals surface area contributed by atoms with E-state index in [-0.39, 0.29) is 55.5 Å². The fourth-order valence-corrected chi connectivity index (χ4v) is 6.88. The summed E-state index contributed by atoms with van der Waals surface area (Å²) in [5.41, 5.74) is 0.936. The molecule has 8 N–H and O–H groups in total. The van der Waals surface area contributed by atoms with Crippen molar-refractivity contribution in [2.24, 2.45) is 0 Å². The molecule has 0 bridgehead atoms. The minimum absolute atomic E-state index is 0.0243. The number of phenols is 2. The highest BCUT2D eigenvalue weighted by atomic mass is 32.2. The molecule has 0 atom stereocenters. The first kappa shape index (κ1) is 35.3. The van der Waals surface area contributed by atoms with Crippen molar-refractivity contribution in [2.75, 3.05) is 21.3 Å². The average molecular weight is 743 g/mol. The van der Waals surface area contributed by atoms with Crippen molar-refractivity contribution in [1.82, 2.24) is 0 Å². The van der Waals surface area contributed by atoms with Crippen LogP contribution < -0.4 is 21.3 Å². The van der Waals surface area contributed by atoms with Crippen LogP contribution in [-0.4, -0.2) is 54.0 Å². The Labute approximate surface area is 295 Å². The van der Waals surface area contributed by atoms with Gasteiger partial charge >= 0.3 is 6.03 Å². The number of anilines is 4. The molecule has 4 amide bonds. The second-order valence-corrected chi connectivity index (χ2v) is 14.0. The summed E-state index contributed by atoms with van der Waals surface area (Å²) in [6.07, 6.45) is 0. The number of nitrogens with one attached hydrogen (secondary N) is 4. The van der Waals surface area contributed by atoms with E-state index in [0.29, 0.717) is 11.4 Å². The van der Waals surface area contributed by atoms with E-state index in [9.17, 15) is 50.5 Å². The summed E-state index contributed by atoms with van der Waals surface area (Å²) in [5.74, 6) is -1.80. The normalized spacial score (nSPS) is 11.6. The Balaban J connectivity index is 1.10. The lowest BCUT2D eigenvalue weighted by Crippen LogP contribution is -2.20. The predicted octanol–water partition coefficient (Wildman–Crippen LogP) is 6.05. The zero-order valence-electron chi connectivity index (χ0n) is 26.4. The van der Waals surface area contributed by atoms with Crippen LogP contribution in [-0.2, 0) is 20.2 Å². The van der Waals surface area contributed by atoms with E-state index in [4.69, 9.17) is 0 Å². The van der Waals surface area contributed by atoms with Crippen LogP contribution in [0.15, 0.2) is 119 Å². The summed E-state index contributed by atoms with van der Waals surface area (Å²) in [6, 6.07) is 23.7. The molecule has 0 unspecified atom stereocenters. The number of rotatable bonds is 8. The summed E-state index contributed by atoms with van der Waals surface area (Å²) >= 11 is 0. The van der Waals surface area contributed by atoms with E-state index >= 15 is 0 Å². The van der Waals surface area contributed by atoms with Gasteiger partial charge in [-0.25, -0.2) is 4.79 Å². The molecular formula is C35H26N4O11S2. The van der Waals surface area contributed by atoms with Gasteiger partial charge in [-0.15, -0.1) is 0 Å². The van der Waals surface area contributed by atoms with Crippen LogP contribution in [0.4, 0.5) is 27.5 Å². The Morgan fingerprint density at radius 1 is 0.462 bits per heavy atom. The maximum atomic E-state index is 13.0. The number of amides is 4. The highest BCUT2D eigenvalue weighted by Gasteiger charge is 2.22. The van der Waals surface area contributed by atoms with Gasteiger partial charge in [0.1, 0.15) is 21.3 Å². The highest BCUT2D eigenvalue weighted by molar-refractivity contribution is 7.86. The van der Waals surface area contributed by atoms with Gasteiger partial charge in [0.15, 0.2) is 0 Å². The van der Waals surface area contributed by atoms with Crippen LogP contribution in [0.25, 0.3) is 21.5 Å². The molecule has 0 aliphatic heterocycles. The van der Waals surface area contributed by atoms with Crippen LogP contribution in [0, 0.1) is 0 Å². The third-order valence-electron chi connectivity index (χ3n) is 7.82. The molecule has 0 saturated carbocycles. The fourth-order valence-electron chi connectivity index (χ4n) is 5.45. The van der Waals surface area contributed by atoms with E-state index in [1.165, 1.54) is 84.9 Å². The van der Waals surface area contributed by atoms with Gasteiger partial charge < -0.3 is 31.5 Å². The van der Waals surface area contributed by atoms with E-state index in [0.717, 1.165) is 24.3 Å². The number of hydrogen-bond donors (Lipinski definition) is 8. The van der Waals surface area contributed by atoms with Gasteiger partial charge in [-0.05, 0) is 84.9 Å². The molecule has 0 aliphatic rings. The topological polar surface area (TPSA) is 249 Å². The van der Waals surface area contributed by atoms with Crippen molar-refractivity contribution < 1.29 is 50.5 Å². The van der Waals surface area contributed by atoms with Crippen molar-refractivity contribution in [1.29, 1.82) is 0 Å². The molecule has 15 nitrogen and oxygen atoms in total. The first-order valence-corrected chi connectivity index (χ1v) is 17.8. The molecule has 264 valence electrons. The zero-order chi connectivity index (χ0) is 37.4. The first-order chi connectivity index (χ1) is 24.6. The van der Waals surface area contributed by atoms with Crippen molar-refractivity contribution in [3.05, 3.63) is 120 Å². The quantitative estimate of drug-likeness (QED) is 0.0834. The fraction of sp³-hybridized carbons (Fsp3) is 0. The third kappa shape index (κ3) is 7.32. The van der Waals surface area contributed by atoms with Gasteiger partial charge in [-0.1, -0.05) is 24.3 Å². The van der Waals surface area contributed by atoms with Gasteiger partial charge in [0.25, 0.3) is 32.1 Å². The maximum Gasteiger partial charge on any atom is 0.323 e. The summed E-state index contributed by atoms with van der Waals surface area (Å²) < 4.78 is 67.3. The Hall–Kier alpha value is -6.53. The number of carbonyl (C=O) groups excluding carboxylic acids is 3. The largest absolute Gasteiger partial charge is 0.507 e. The standard InChI is InChI=1S/C35H26N4O11S2/c40-27-15-17-29(51(45,46)47)31-23(27)3-1-5-25(31)38-33(42)19-7-11-21(12-8-19)36-35(44)37-22-13-9-20(10-14-22)34(43)39-26-6-2-4-24-28(41)16-18-30(32(24)26)52(48,49)50/h1-18,40-41H,(H,38,42)(H,39,43)(H2,36,37,44)(H,45,46,47)(H,48,49,50). The number of carbonyl (C=O) groups is 3. The van der Waals surface area contributed by atoms with Gasteiger partial charge in [-0.3, -0.25) is 18.7 Å². The van der Waals surface area contributed by atoms with Gasteiger partial charge in [0.05, 0.1) is 11.4 Å². The number of aromatic hydroxyl groups is 2. The van der Waals surface area contributed by atoms with Gasteiger partial charge in [0.2, 0.25) is 0 Å². The Kier molecular flexibility index (Phi) is 9.26. The number of phenolic OH excluding ortho intramolecular Hbond substituents is 2. The second-order valence-electron chi connectivity index (χ2n) is 11.2. The zero-order valence-corrected chi connectivity index (χ0v) is 28.0.